The number of benzene rings is 1. The molecule has 0 radical (unpaired) electrons. The Morgan fingerprint density at radius 1 is 1.41 bits per heavy atom. The molecule has 2 heterocycles. The Morgan fingerprint density at radius 3 is 2.82 bits per heavy atom. The van der Waals surface area contributed by atoms with Crippen molar-refractivity contribution in [1.82, 2.24) is 4.98 Å². The molecule has 0 N–H and O–H groups in total. The summed E-state index contributed by atoms with van der Waals surface area (Å²) in [7, 11) is 0. The van der Waals surface area contributed by atoms with E-state index in [2.05, 4.69) is 4.98 Å². The molecule has 1 atom stereocenters. The van der Waals surface area contributed by atoms with Crippen LogP contribution in [0, 0.1) is 5.41 Å². The minimum Gasteiger partial charge on any atom is -0.376 e. The number of para-hydroxylation sites is 1. The summed E-state index contributed by atoms with van der Waals surface area (Å²) in [4.78, 5) is 19.3. The molecule has 118 valence electrons. The van der Waals surface area contributed by atoms with Crippen LogP contribution in [-0.2, 0) is 9.53 Å². The Morgan fingerprint density at radius 2 is 2.18 bits per heavy atom. The van der Waals surface area contributed by atoms with Crippen molar-refractivity contribution < 1.29 is 9.53 Å². The van der Waals surface area contributed by atoms with Gasteiger partial charge >= 0.3 is 0 Å². The molecule has 2 aromatic rings. The fraction of sp³-hybridized carbons (Fsp3) is 0.529. The van der Waals surface area contributed by atoms with Gasteiger partial charge < -0.3 is 4.74 Å². The molecule has 1 unspecified atom stereocenters. The summed E-state index contributed by atoms with van der Waals surface area (Å²) in [5.41, 5.74) is 0.512. The predicted molar refractivity (Wildman–Crippen MR) is 90.4 cm³/mol. The van der Waals surface area contributed by atoms with E-state index in [9.17, 15) is 4.79 Å². The lowest BCUT2D eigenvalue weighted by Gasteiger charge is -2.29. The van der Waals surface area contributed by atoms with Crippen LogP contribution in [0.5, 0.6) is 0 Å². The molecule has 0 aliphatic carbocycles. The third-order valence-electron chi connectivity index (χ3n) is 3.81. The molecule has 1 saturated heterocycles. The number of fused-ring (bicyclic) bond motifs is 1. The van der Waals surface area contributed by atoms with Gasteiger partial charge in [0, 0.05) is 12.0 Å². The van der Waals surface area contributed by atoms with Crippen LogP contribution in [0.3, 0.4) is 0 Å². The summed E-state index contributed by atoms with van der Waals surface area (Å²) >= 11 is 1.57. The van der Waals surface area contributed by atoms with Crippen LogP contribution >= 0.6 is 11.3 Å². The van der Waals surface area contributed by atoms with Crippen LogP contribution in [0.2, 0.25) is 0 Å². The first kappa shape index (κ1) is 15.4. The van der Waals surface area contributed by atoms with Crippen LogP contribution in [0.4, 0.5) is 5.13 Å². The number of aromatic nitrogens is 1. The smallest absolute Gasteiger partial charge is 0.234 e. The topological polar surface area (TPSA) is 42.4 Å². The van der Waals surface area contributed by atoms with Crippen LogP contribution in [0.15, 0.2) is 24.3 Å². The fourth-order valence-corrected chi connectivity index (χ4v) is 3.59. The van der Waals surface area contributed by atoms with Gasteiger partial charge in [0.1, 0.15) is 0 Å². The van der Waals surface area contributed by atoms with E-state index in [1.165, 1.54) is 0 Å². The highest BCUT2D eigenvalue weighted by Gasteiger charge is 2.32. The van der Waals surface area contributed by atoms with Crippen molar-refractivity contribution >= 4 is 32.6 Å². The molecule has 0 bridgehead atoms. The van der Waals surface area contributed by atoms with E-state index in [0.29, 0.717) is 6.54 Å². The molecule has 4 nitrogen and oxygen atoms in total. The summed E-state index contributed by atoms with van der Waals surface area (Å²) in [5.74, 6) is 0.0991. The van der Waals surface area contributed by atoms with E-state index >= 15 is 0 Å². The number of rotatable bonds is 3. The molecular formula is C17H22N2O2S. The van der Waals surface area contributed by atoms with Crippen molar-refractivity contribution in [2.45, 2.75) is 39.7 Å². The van der Waals surface area contributed by atoms with Crippen molar-refractivity contribution in [3.8, 4) is 0 Å². The van der Waals surface area contributed by atoms with Crippen molar-refractivity contribution in [2.24, 2.45) is 5.41 Å². The lowest BCUT2D eigenvalue weighted by molar-refractivity contribution is -0.126. The molecular weight excluding hydrogens is 296 g/mol. The van der Waals surface area contributed by atoms with E-state index in [1.807, 2.05) is 49.9 Å². The summed E-state index contributed by atoms with van der Waals surface area (Å²) in [6.45, 7) is 7.24. The Bertz CT molecular complexity index is 636. The Balaban J connectivity index is 1.94. The highest BCUT2D eigenvalue weighted by atomic mass is 32.1. The monoisotopic (exact) mass is 318 g/mol. The third kappa shape index (κ3) is 3.15. The standard InChI is InChI=1S/C17H22N2O2S/c1-17(2,3)15(20)19(11-12-7-6-10-21-12)16-18-13-8-4-5-9-14(13)22-16/h4-5,8-9,12H,6-7,10-11H2,1-3H3. The molecule has 1 aromatic carbocycles. The average molecular weight is 318 g/mol. The first-order valence-electron chi connectivity index (χ1n) is 7.74. The number of amides is 1. The van der Waals surface area contributed by atoms with E-state index < -0.39 is 5.41 Å². The molecule has 22 heavy (non-hydrogen) atoms. The van der Waals surface area contributed by atoms with E-state index in [0.717, 1.165) is 34.8 Å². The van der Waals surface area contributed by atoms with Crippen molar-refractivity contribution in [2.75, 3.05) is 18.1 Å². The third-order valence-corrected chi connectivity index (χ3v) is 4.87. The van der Waals surface area contributed by atoms with E-state index in [-0.39, 0.29) is 12.0 Å². The zero-order valence-corrected chi connectivity index (χ0v) is 14.2. The minimum atomic E-state index is -0.434. The van der Waals surface area contributed by atoms with Gasteiger partial charge in [-0.2, -0.15) is 0 Å². The first-order valence-corrected chi connectivity index (χ1v) is 8.56. The maximum Gasteiger partial charge on any atom is 0.234 e. The normalized spacial score (nSPS) is 18.8. The summed E-state index contributed by atoms with van der Waals surface area (Å²) in [6.07, 6.45) is 2.21. The quantitative estimate of drug-likeness (QED) is 0.863. The number of hydrogen-bond donors (Lipinski definition) is 0. The van der Waals surface area contributed by atoms with Gasteiger partial charge in [-0.15, -0.1) is 0 Å². The minimum absolute atomic E-state index is 0.0991. The Labute approximate surface area is 135 Å². The second-order valence-corrected chi connectivity index (χ2v) is 7.77. The second-order valence-electron chi connectivity index (χ2n) is 6.76. The number of carbonyl (C=O) groups is 1. The van der Waals surface area contributed by atoms with Gasteiger partial charge in [-0.05, 0) is 25.0 Å². The SMILES string of the molecule is CC(C)(C)C(=O)N(CC1CCCO1)c1nc2ccccc2s1. The molecule has 3 rings (SSSR count). The molecule has 1 aliphatic heterocycles. The largest absolute Gasteiger partial charge is 0.376 e. The van der Waals surface area contributed by atoms with Crippen LogP contribution in [0.1, 0.15) is 33.6 Å². The number of hydrogen-bond acceptors (Lipinski definition) is 4. The maximum atomic E-state index is 12.9. The number of carbonyl (C=O) groups excluding carboxylic acids is 1. The van der Waals surface area contributed by atoms with Crippen molar-refractivity contribution in [1.29, 1.82) is 0 Å². The van der Waals surface area contributed by atoms with Gasteiger partial charge in [-0.25, -0.2) is 4.98 Å². The number of ether oxygens (including phenoxy) is 1. The predicted octanol–water partition coefficient (Wildman–Crippen LogP) is 3.85. The highest BCUT2D eigenvalue weighted by molar-refractivity contribution is 7.22. The first-order chi connectivity index (χ1) is 10.4. The van der Waals surface area contributed by atoms with E-state index in [4.69, 9.17) is 4.74 Å². The summed E-state index contributed by atoms with van der Waals surface area (Å²) < 4.78 is 6.83. The molecule has 0 spiro atoms. The lowest BCUT2D eigenvalue weighted by Crippen LogP contribution is -2.43. The zero-order chi connectivity index (χ0) is 15.7. The van der Waals surface area contributed by atoms with Crippen molar-refractivity contribution in [3.05, 3.63) is 24.3 Å². The number of nitrogens with zero attached hydrogens (tertiary/aromatic N) is 2. The molecule has 1 amide bonds. The number of thiazole rings is 1. The average Bonchev–Trinajstić information content (AvgIpc) is 3.11. The van der Waals surface area contributed by atoms with Crippen LogP contribution in [-0.4, -0.2) is 30.1 Å². The van der Waals surface area contributed by atoms with Gasteiger partial charge in [0.2, 0.25) is 5.91 Å². The van der Waals surface area contributed by atoms with Crippen LogP contribution < -0.4 is 4.90 Å². The van der Waals surface area contributed by atoms with Gasteiger partial charge in [-0.3, -0.25) is 9.69 Å². The fourth-order valence-electron chi connectivity index (χ4n) is 2.62. The molecule has 1 aliphatic rings. The molecule has 5 heteroatoms. The molecule has 0 saturated carbocycles. The highest BCUT2D eigenvalue weighted by Crippen LogP contribution is 2.32. The van der Waals surface area contributed by atoms with Gasteiger partial charge in [0.25, 0.3) is 0 Å². The van der Waals surface area contributed by atoms with Gasteiger partial charge in [0.15, 0.2) is 5.13 Å². The van der Waals surface area contributed by atoms with E-state index in [1.54, 1.807) is 11.3 Å². The summed E-state index contributed by atoms with van der Waals surface area (Å²) in [6, 6.07) is 8.01. The van der Waals surface area contributed by atoms with Gasteiger partial charge in [0.05, 0.1) is 22.9 Å². The Hall–Kier alpha value is -1.46. The number of anilines is 1. The van der Waals surface area contributed by atoms with Crippen molar-refractivity contribution in [3.63, 3.8) is 0 Å². The maximum absolute atomic E-state index is 12.9. The molecule has 1 fully saturated rings. The molecule has 1 aromatic heterocycles. The second kappa shape index (κ2) is 5.97. The lowest BCUT2D eigenvalue weighted by atomic mass is 9.94. The summed E-state index contributed by atoms with van der Waals surface area (Å²) in [5, 5.41) is 0.775. The van der Waals surface area contributed by atoms with Crippen LogP contribution in [0.25, 0.3) is 10.2 Å². The Kier molecular flexibility index (Phi) is 4.19. The zero-order valence-electron chi connectivity index (χ0n) is 13.3. The van der Waals surface area contributed by atoms with Gasteiger partial charge in [-0.1, -0.05) is 44.2 Å².